The molecule has 1 amide bonds. The Kier molecular flexibility index (Phi) is 5.78. The first-order valence-corrected chi connectivity index (χ1v) is 12.2. The molecule has 3 aromatic rings. The third kappa shape index (κ3) is 4.16. The van der Waals surface area contributed by atoms with Crippen LogP contribution >= 0.6 is 0 Å². The monoisotopic (exact) mass is 484 g/mol. The van der Waals surface area contributed by atoms with Gasteiger partial charge in [0.1, 0.15) is 30.0 Å². The minimum atomic E-state index is -0.292. The number of aromatic nitrogens is 1. The lowest BCUT2D eigenvalue weighted by Gasteiger charge is -2.32. The highest BCUT2D eigenvalue weighted by atomic mass is 19.1. The Morgan fingerprint density at radius 1 is 1.19 bits per heavy atom. The number of carbonyl (C=O) groups excluding carboxylic acids is 1. The largest absolute Gasteiger partial charge is 0.489 e. The SMILES string of the molecule is N#Cc1ccc2c(c1)CC(c1cncc3c1OCCN3C(=O)[C@H]1CCN(Cc3cccc(F)c3)C1)O2. The molecule has 0 N–H and O–H groups in total. The van der Waals surface area contributed by atoms with Gasteiger partial charge in [-0.2, -0.15) is 5.26 Å². The van der Waals surface area contributed by atoms with Crippen molar-refractivity contribution < 1.29 is 18.7 Å². The lowest BCUT2D eigenvalue weighted by atomic mass is 10.0. The summed E-state index contributed by atoms with van der Waals surface area (Å²) in [6, 6.07) is 14.2. The molecule has 1 aromatic heterocycles. The minimum absolute atomic E-state index is 0.0644. The fourth-order valence-corrected chi connectivity index (χ4v) is 5.40. The molecule has 182 valence electrons. The van der Waals surface area contributed by atoms with E-state index in [0.717, 1.165) is 35.4 Å². The quantitative estimate of drug-likeness (QED) is 0.557. The van der Waals surface area contributed by atoms with Crippen molar-refractivity contribution >= 4 is 11.6 Å². The Bertz CT molecular complexity index is 1370. The maximum Gasteiger partial charge on any atom is 0.231 e. The van der Waals surface area contributed by atoms with Crippen LogP contribution < -0.4 is 14.4 Å². The summed E-state index contributed by atoms with van der Waals surface area (Å²) in [7, 11) is 0. The maximum atomic E-state index is 13.6. The Balaban J connectivity index is 1.19. The summed E-state index contributed by atoms with van der Waals surface area (Å²) in [5, 5.41) is 9.21. The molecule has 8 heteroatoms. The van der Waals surface area contributed by atoms with E-state index < -0.39 is 0 Å². The molecule has 4 heterocycles. The van der Waals surface area contributed by atoms with Crippen molar-refractivity contribution in [1.82, 2.24) is 9.88 Å². The predicted molar refractivity (Wildman–Crippen MR) is 130 cm³/mol. The average Bonchev–Trinajstić information content (AvgIpc) is 3.54. The first-order valence-electron chi connectivity index (χ1n) is 12.2. The number of amides is 1. The molecular weight excluding hydrogens is 459 g/mol. The van der Waals surface area contributed by atoms with Crippen molar-refractivity contribution in [2.45, 2.75) is 25.5 Å². The number of rotatable bonds is 4. The standard InChI is InChI=1S/C28H25FN4O3/c29-22-3-1-2-19(11-22)16-32-7-6-20(17-32)28(34)33-8-9-35-27-23(14-31-15-24(27)33)26-12-21-10-18(13-30)4-5-25(21)36-26/h1-5,10-11,14-15,20,26H,6-9,12,16-17H2/t20-,26?/m0/s1. The summed E-state index contributed by atoms with van der Waals surface area (Å²) in [5.41, 5.74) is 3.96. The van der Waals surface area contributed by atoms with Gasteiger partial charge in [-0.1, -0.05) is 12.1 Å². The molecule has 0 spiro atoms. The number of hydrogen-bond acceptors (Lipinski definition) is 6. The number of anilines is 1. The van der Waals surface area contributed by atoms with Crippen LogP contribution in [0.3, 0.4) is 0 Å². The van der Waals surface area contributed by atoms with Crippen molar-refractivity contribution in [2.75, 3.05) is 31.1 Å². The van der Waals surface area contributed by atoms with Crippen molar-refractivity contribution in [1.29, 1.82) is 5.26 Å². The van der Waals surface area contributed by atoms with E-state index in [2.05, 4.69) is 16.0 Å². The maximum absolute atomic E-state index is 13.6. The van der Waals surface area contributed by atoms with Gasteiger partial charge in [0.2, 0.25) is 5.91 Å². The van der Waals surface area contributed by atoms with Crippen LogP contribution in [0.1, 0.15) is 34.8 Å². The van der Waals surface area contributed by atoms with E-state index in [1.165, 1.54) is 6.07 Å². The third-order valence-electron chi connectivity index (χ3n) is 7.15. The number of hydrogen-bond donors (Lipinski definition) is 0. The number of pyridine rings is 1. The van der Waals surface area contributed by atoms with Gasteiger partial charge in [0.25, 0.3) is 0 Å². The van der Waals surface area contributed by atoms with Crippen LogP contribution in [0.15, 0.2) is 54.9 Å². The molecule has 1 fully saturated rings. The molecule has 0 saturated carbocycles. The lowest BCUT2D eigenvalue weighted by molar-refractivity contribution is -0.122. The predicted octanol–water partition coefficient (Wildman–Crippen LogP) is 4.02. The van der Waals surface area contributed by atoms with Gasteiger partial charge in [-0.15, -0.1) is 0 Å². The Hall–Kier alpha value is -3.96. The molecule has 3 aliphatic heterocycles. The topological polar surface area (TPSA) is 78.7 Å². The number of likely N-dealkylation sites (tertiary alicyclic amines) is 1. The second kappa shape index (κ2) is 9.25. The van der Waals surface area contributed by atoms with E-state index in [-0.39, 0.29) is 23.7 Å². The Labute approximate surface area is 208 Å². The number of nitriles is 1. The third-order valence-corrected chi connectivity index (χ3v) is 7.15. The van der Waals surface area contributed by atoms with E-state index in [1.807, 2.05) is 18.2 Å². The molecular formula is C28H25FN4O3. The molecule has 2 atom stereocenters. The van der Waals surface area contributed by atoms with Crippen molar-refractivity contribution in [3.05, 3.63) is 82.9 Å². The van der Waals surface area contributed by atoms with Gasteiger partial charge >= 0.3 is 0 Å². The lowest BCUT2D eigenvalue weighted by Crippen LogP contribution is -2.42. The second-order valence-electron chi connectivity index (χ2n) is 9.51. The molecule has 6 rings (SSSR count). The van der Waals surface area contributed by atoms with Gasteiger partial charge < -0.3 is 14.4 Å². The number of benzene rings is 2. The number of fused-ring (bicyclic) bond motifs is 2. The van der Waals surface area contributed by atoms with E-state index in [4.69, 9.17) is 9.47 Å². The summed E-state index contributed by atoms with van der Waals surface area (Å²) < 4.78 is 25.8. The first kappa shape index (κ1) is 22.5. The molecule has 3 aliphatic rings. The summed E-state index contributed by atoms with van der Waals surface area (Å²) in [6.45, 7) is 2.92. The number of ether oxygens (including phenoxy) is 2. The van der Waals surface area contributed by atoms with Gasteiger partial charge in [-0.3, -0.25) is 14.7 Å². The summed E-state index contributed by atoms with van der Waals surface area (Å²) in [5.74, 6) is 1.08. The molecule has 1 saturated heterocycles. The van der Waals surface area contributed by atoms with Gasteiger partial charge in [0.05, 0.1) is 35.9 Å². The highest BCUT2D eigenvalue weighted by Crippen LogP contribution is 2.44. The summed E-state index contributed by atoms with van der Waals surface area (Å²) >= 11 is 0. The van der Waals surface area contributed by atoms with E-state index in [1.54, 1.807) is 35.5 Å². The zero-order valence-electron chi connectivity index (χ0n) is 19.7. The average molecular weight is 485 g/mol. The molecule has 0 bridgehead atoms. The van der Waals surface area contributed by atoms with Crippen molar-refractivity contribution in [3.63, 3.8) is 0 Å². The Morgan fingerprint density at radius 2 is 2.11 bits per heavy atom. The van der Waals surface area contributed by atoms with E-state index >= 15 is 0 Å². The smallest absolute Gasteiger partial charge is 0.231 e. The van der Waals surface area contributed by atoms with Gasteiger partial charge in [-0.25, -0.2) is 4.39 Å². The van der Waals surface area contributed by atoms with Crippen LogP contribution in [-0.2, 0) is 17.8 Å². The van der Waals surface area contributed by atoms with Gasteiger partial charge in [0, 0.05) is 25.7 Å². The summed E-state index contributed by atoms with van der Waals surface area (Å²) in [4.78, 5) is 22.0. The van der Waals surface area contributed by atoms with Gasteiger partial charge in [-0.05, 0) is 54.4 Å². The van der Waals surface area contributed by atoms with E-state index in [0.29, 0.717) is 49.7 Å². The molecule has 2 aromatic carbocycles. The van der Waals surface area contributed by atoms with Crippen LogP contribution in [0.5, 0.6) is 11.5 Å². The molecule has 0 radical (unpaired) electrons. The zero-order valence-corrected chi connectivity index (χ0v) is 19.7. The van der Waals surface area contributed by atoms with Crippen LogP contribution in [0.2, 0.25) is 0 Å². The zero-order chi connectivity index (χ0) is 24.6. The Morgan fingerprint density at radius 3 is 2.97 bits per heavy atom. The minimum Gasteiger partial charge on any atom is -0.489 e. The van der Waals surface area contributed by atoms with Crippen molar-refractivity contribution in [3.8, 4) is 17.6 Å². The van der Waals surface area contributed by atoms with Gasteiger partial charge in [0.15, 0.2) is 5.75 Å². The number of halogens is 1. The highest BCUT2D eigenvalue weighted by molar-refractivity contribution is 5.97. The van der Waals surface area contributed by atoms with E-state index in [9.17, 15) is 14.4 Å². The van der Waals surface area contributed by atoms with Crippen LogP contribution in [0.25, 0.3) is 0 Å². The van der Waals surface area contributed by atoms with Crippen LogP contribution in [0.4, 0.5) is 10.1 Å². The second-order valence-corrected chi connectivity index (χ2v) is 9.51. The van der Waals surface area contributed by atoms with Crippen LogP contribution in [0, 0.1) is 23.1 Å². The molecule has 1 unspecified atom stereocenters. The first-order chi connectivity index (χ1) is 17.6. The fraction of sp³-hybridized carbons (Fsp3) is 0.321. The number of nitrogens with zero attached hydrogens (tertiary/aromatic N) is 4. The fourth-order valence-electron chi connectivity index (χ4n) is 5.40. The highest BCUT2D eigenvalue weighted by Gasteiger charge is 2.37. The van der Waals surface area contributed by atoms with Crippen LogP contribution in [-0.4, -0.2) is 42.0 Å². The number of carbonyl (C=O) groups is 1. The molecule has 7 nitrogen and oxygen atoms in total. The molecule has 0 aliphatic carbocycles. The summed E-state index contributed by atoms with van der Waals surface area (Å²) in [6.07, 6.45) is 4.50. The molecule has 36 heavy (non-hydrogen) atoms. The van der Waals surface area contributed by atoms with Crippen molar-refractivity contribution in [2.24, 2.45) is 5.92 Å². The normalized spacial score (nSPS) is 20.7.